The SMILES string of the molecule is CSC1(CNc2ncc(C)cc2Br)CCC1. The Balaban J connectivity index is 1.99. The van der Waals surface area contributed by atoms with Gasteiger partial charge in [-0.25, -0.2) is 4.98 Å². The molecule has 1 aliphatic carbocycles. The lowest BCUT2D eigenvalue weighted by molar-refractivity contribution is 0.379. The molecule has 2 nitrogen and oxygen atoms in total. The number of pyridine rings is 1. The second-order valence-electron chi connectivity index (χ2n) is 4.44. The summed E-state index contributed by atoms with van der Waals surface area (Å²) in [5, 5.41) is 3.46. The molecule has 0 atom stereocenters. The van der Waals surface area contributed by atoms with E-state index in [4.69, 9.17) is 0 Å². The van der Waals surface area contributed by atoms with Crippen molar-refractivity contribution in [2.45, 2.75) is 30.9 Å². The zero-order chi connectivity index (χ0) is 11.6. The first-order valence-corrected chi connectivity index (χ1v) is 7.58. The monoisotopic (exact) mass is 300 g/mol. The summed E-state index contributed by atoms with van der Waals surface area (Å²) < 4.78 is 1.51. The van der Waals surface area contributed by atoms with Crippen LogP contribution in [-0.2, 0) is 0 Å². The standard InChI is InChI=1S/C12H17BrN2S/c1-9-6-10(13)11(14-7-9)15-8-12(16-2)4-3-5-12/h6-7H,3-5,8H2,1-2H3,(H,14,15). The van der Waals surface area contributed by atoms with Gasteiger partial charge in [-0.15, -0.1) is 0 Å². The maximum Gasteiger partial charge on any atom is 0.140 e. The Bertz CT molecular complexity index is 372. The number of halogens is 1. The van der Waals surface area contributed by atoms with Crippen molar-refractivity contribution in [1.82, 2.24) is 4.98 Å². The molecular weight excluding hydrogens is 284 g/mol. The zero-order valence-corrected chi connectivity index (χ0v) is 12.1. The molecular formula is C12H17BrN2S. The van der Waals surface area contributed by atoms with Gasteiger partial charge in [0, 0.05) is 17.5 Å². The summed E-state index contributed by atoms with van der Waals surface area (Å²) in [7, 11) is 0. The molecule has 1 aromatic heterocycles. The van der Waals surface area contributed by atoms with E-state index in [0.717, 1.165) is 16.8 Å². The molecule has 0 spiro atoms. The Kier molecular flexibility index (Phi) is 3.80. The minimum absolute atomic E-state index is 0.450. The number of anilines is 1. The van der Waals surface area contributed by atoms with Crippen molar-refractivity contribution < 1.29 is 0 Å². The molecule has 0 saturated heterocycles. The van der Waals surface area contributed by atoms with E-state index < -0.39 is 0 Å². The lowest BCUT2D eigenvalue weighted by atomic mass is 9.84. The van der Waals surface area contributed by atoms with Crippen LogP contribution in [-0.4, -0.2) is 22.5 Å². The normalized spacial score (nSPS) is 17.9. The van der Waals surface area contributed by atoms with Gasteiger partial charge in [0.25, 0.3) is 0 Å². The number of thioether (sulfide) groups is 1. The van der Waals surface area contributed by atoms with Crippen molar-refractivity contribution in [2.75, 3.05) is 18.1 Å². The maximum atomic E-state index is 4.41. The number of aryl methyl sites for hydroxylation is 1. The van der Waals surface area contributed by atoms with Crippen molar-refractivity contribution in [3.05, 3.63) is 22.3 Å². The lowest BCUT2D eigenvalue weighted by Crippen LogP contribution is -2.40. The summed E-state index contributed by atoms with van der Waals surface area (Å²) in [4.78, 5) is 4.41. The fourth-order valence-corrected chi connectivity index (χ4v) is 3.45. The van der Waals surface area contributed by atoms with Crippen LogP contribution in [0, 0.1) is 6.92 Å². The van der Waals surface area contributed by atoms with Gasteiger partial charge in [0.1, 0.15) is 5.82 Å². The van der Waals surface area contributed by atoms with Gasteiger partial charge in [-0.2, -0.15) is 11.8 Å². The van der Waals surface area contributed by atoms with Crippen molar-refractivity contribution >= 4 is 33.5 Å². The number of hydrogen-bond acceptors (Lipinski definition) is 3. The molecule has 0 unspecified atom stereocenters. The number of nitrogens with zero attached hydrogens (tertiary/aromatic N) is 1. The Morgan fingerprint density at radius 2 is 2.31 bits per heavy atom. The van der Waals surface area contributed by atoms with Crippen LogP contribution in [0.25, 0.3) is 0 Å². The molecule has 0 bridgehead atoms. The van der Waals surface area contributed by atoms with E-state index in [0.29, 0.717) is 4.75 Å². The fraction of sp³-hybridized carbons (Fsp3) is 0.583. The summed E-state index contributed by atoms with van der Waals surface area (Å²) in [5.74, 6) is 0.964. The van der Waals surface area contributed by atoms with E-state index in [2.05, 4.69) is 45.5 Å². The molecule has 1 aromatic rings. The van der Waals surface area contributed by atoms with E-state index in [9.17, 15) is 0 Å². The van der Waals surface area contributed by atoms with Crippen molar-refractivity contribution in [2.24, 2.45) is 0 Å². The summed E-state index contributed by atoms with van der Waals surface area (Å²) >= 11 is 5.53. The zero-order valence-electron chi connectivity index (χ0n) is 9.72. The topological polar surface area (TPSA) is 24.9 Å². The molecule has 1 aliphatic rings. The third kappa shape index (κ3) is 2.54. The summed E-state index contributed by atoms with van der Waals surface area (Å²) in [5.41, 5.74) is 1.18. The first-order valence-electron chi connectivity index (χ1n) is 5.56. The number of hydrogen-bond donors (Lipinski definition) is 1. The van der Waals surface area contributed by atoms with Crippen LogP contribution >= 0.6 is 27.7 Å². The number of rotatable bonds is 4. The van der Waals surface area contributed by atoms with E-state index in [1.54, 1.807) is 0 Å². The number of nitrogens with one attached hydrogen (secondary N) is 1. The molecule has 1 fully saturated rings. The summed E-state index contributed by atoms with van der Waals surface area (Å²) in [6.07, 6.45) is 8.12. The van der Waals surface area contributed by atoms with Gasteiger partial charge in [-0.1, -0.05) is 6.42 Å². The van der Waals surface area contributed by atoms with Crippen LogP contribution < -0.4 is 5.32 Å². The lowest BCUT2D eigenvalue weighted by Gasteiger charge is -2.40. The highest BCUT2D eigenvalue weighted by molar-refractivity contribution is 9.10. The molecule has 1 saturated carbocycles. The minimum atomic E-state index is 0.450. The average Bonchev–Trinajstić information content (AvgIpc) is 2.19. The molecule has 1 N–H and O–H groups in total. The predicted octanol–water partition coefficient (Wildman–Crippen LogP) is 3.85. The third-order valence-electron chi connectivity index (χ3n) is 3.25. The molecule has 2 rings (SSSR count). The van der Waals surface area contributed by atoms with Gasteiger partial charge in [0.05, 0.1) is 4.47 Å². The second-order valence-corrected chi connectivity index (χ2v) is 6.57. The molecule has 4 heteroatoms. The Hall–Kier alpha value is -0.220. The Morgan fingerprint density at radius 3 is 2.81 bits per heavy atom. The molecule has 16 heavy (non-hydrogen) atoms. The molecule has 1 heterocycles. The van der Waals surface area contributed by atoms with Crippen LogP contribution in [0.5, 0.6) is 0 Å². The van der Waals surface area contributed by atoms with Crippen molar-refractivity contribution in [3.8, 4) is 0 Å². The predicted molar refractivity (Wildman–Crippen MR) is 75.3 cm³/mol. The summed E-state index contributed by atoms with van der Waals surface area (Å²) in [6.45, 7) is 3.07. The quantitative estimate of drug-likeness (QED) is 0.914. The fourth-order valence-electron chi connectivity index (χ4n) is 1.93. The van der Waals surface area contributed by atoms with Crippen LogP contribution in [0.4, 0.5) is 5.82 Å². The number of aromatic nitrogens is 1. The van der Waals surface area contributed by atoms with E-state index in [-0.39, 0.29) is 0 Å². The maximum absolute atomic E-state index is 4.41. The average molecular weight is 301 g/mol. The van der Waals surface area contributed by atoms with Gasteiger partial charge in [0.15, 0.2) is 0 Å². The van der Waals surface area contributed by atoms with E-state index in [1.807, 2.05) is 18.0 Å². The van der Waals surface area contributed by atoms with E-state index >= 15 is 0 Å². The van der Waals surface area contributed by atoms with Gasteiger partial charge in [0.2, 0.25) is 0 Å². The highest BCUT2D eigenvalue weighted by Gasteiger charge is 2.35. The third-order valence-corrected chi connectivity index (χ3v) is 5.28. The molecule has 0 aromatic carbocycles. The molecule has 0 radical (unpaired) electrons. The highest BCUT2D eigenvalue weighted by atomic mass is 79.9. The largest absolute Gasteiger partial charge is 0.368 e. The van der Waals surface area contributed by atoms with Gasteiger partial charge < -0.3 is 5.32 Å². The second kappa shape index (κ2) is 4.96. The van der Waals surface area contributed by atoms with Crippen LogP contribution in [0.1, 0.15) is 24.8 Å². The van der Waals surface area contributed by atoms with Crippen LogP contribution in [0.2, 0.25) is 0 Å². The minimum Gasteiger partial charge on any atom is -0.368 e. The Labute approximate surface area is 110 Å². The van der Waals surface area contributed by atoms with Gasteiger partial charge in [-0.3, -0.25) is 0 Å². The van der Waals surface area contributed by atoms with Gasteiger partial charge in [-0.05, 0) is 53.6 Å². The van der Waals surface area contributed by atoms with Crippen molar-refractivity contribution in [3.63, 3.8) is 0 Å². The highest BCUT2D eigenvalue weighted by Crippen LogP contribution is 2.42. The van der Waals surface area contributed by atoms with Crippen molar-refractivity contribution in [1.29, 1.82) is 0 Å². The van der Waals surface area contributed by atoms with E-state index in [1.165, 1.54) is 24.8 Å². The molecule has 0 amide bonds. The van der Waals surface area contributed by atoms with Crippen LogP contribution in [0.3, 0.4) is 0 Å². The smallest absolute Gasteiger partial charge is 0.140 e. The first-order chi connectivity index (χ1) is 7.65. The van der Waals surface area contributed by atoms with Crippen LogP contribution in [0.15, 0.2) is 16.7 Å². The Morgan fingerprint density at radius 1 is 1.56 bits per heavy atom. The molecule has 0 aliphatic heterocycles. The van der Waals surface area contributed by atoms with Gasteiger partial charge >= 0.3 is 0 Å². The molecule has 88 valence electrons. The summed E-state index contributed by atoms with van der Waals surface area (Å²) in [6, 6.07) is 2.10. The first kappa shape index (κ1) is 12.2.